The van der Waals surface area contributed by atoms with Crippen LogP contribution in [0.15, 0.2) is 121 Å². The van der Waals surface area contributed by atoms with Gasteiger partial charge in [0.1, 0.15) is 42.7 Å². The van der Waals surface area contributed by atoms with Crippen LogP contribution in [0.1, 0.15) is 47.2 Å². The van der Waals surface area contributed by atoms with Crippen LogP contribution in [0.5, 0.6) is 17.4 Å². The first-order chi connectivity index (χ1) is 31.7. The summed E-state index contributed by atoms with van der Waals surface area (Å²) in [5.74, 6) is -1.86. The molecular formula is C45H49B3F2N3O13. The lowest BCUT2D eigenvalue weighted by Gasteiger charge is -2.16. The van der Waals surface area contributed by atoms with Crippen LogP contribution in [0.4, 0.5) is 8.78 Å². The van der Waals surface area contributed by atoms with Gasteiger partial charge in [-0.25, -0.2) is 13.8 Å². The van der Waals surface area contributed by atoms with E-state index in [1.54, 1.807) is 103 Å². The molecule has 0 unspecified atom stereocenters. The summed E-state index contributed by atoms with van der Waals surface area (Å²) in [6.45, 7) is 1.71. The van der Waals surface area contributed by atoms with Crippen molar-refractivity contribution in [2.24, 2.45) is 0 Å². The molecule has 16 nitrogen and oxygen atoms in total. The zero-order chi connectivity index (χ0) is 48.3. The van der Waals surface area contributed by atoms with Gasteiger partial charge in [0.2, 0.25) is 5.88 Å². The molecule has 0 fully saturated rings. The van der Waals surface area contributed by atoms with E-state index in [1.165, 1.54) is 39.4 Å². The summed E-state index contributed by atoms with van der Waals surface area (Å²) >= 11 is 0. The van der Waals surface area contributed by atoms with Gasteiger partial charge in [-0.15, -0.1) is 0 Å². The molecule has 1 radical (unpaired) electrons. The van der Waals surface area contributed by atoms with Gasteiger partial charge in [-0.1, -0.05) is 54.6 Å². The van der Waals surface area contributed by atoms with E-state index >= 15 is 0 Å². The predicted octanol–water partition coefficient (Wildman–Crippen LogP) is 4.67. The Morgan fingerprint density at radius 2 is 1.29 bits per heavy atom. The van der Waals surface area contributed by atoms with Crippen molar-refractivity contribution in [3.05, 3.63) is 150 Å². The molecule has 5 N–H and O–H groups in total. The molecule has 66 heavy (non-hydrogen) atoms. The molecule has 0 aliphatic carbocycles. The number of methoxy groups -OCH3 is 2. The van der Waals surface area contributed by atoms with Gasteiger partial charge in [-0.05, 0) is 79.7 Å². The number of ketones is 1. The molecule has 0 saturated carbocycles. The second-order valence-electron chi connectivity index (χ2n) is 13.8. The number of rotatable bonds is 22. The highest BCUT2D eigenvalue weighted by Gasteiger charge is 2.25. The number of ether oxygens (including phenoxy) is 5. The standard InChI is InChI=1S/C20H23BFNO5.C13H12BFO3.C12H14BN2O5/c1-21(26)23-18(20(25)27-2)11-12-19(24)14-7-9-16(10-8-14)28-13-15-5-3-4-6-17(15)22;15-13-4-2-1-3-10(13)9-18-12-7-5-11(6-8-12)14(16)17;1-18-12(17)9(13-19-8-14)5-6-11(16)20-10-4-2-3-7-15-10/h3-10,18,23,26H,11-13H2,1-2H3;1-8,16-17H,9H2;2-4,7-9,14H,5-6H2,1H3/t18-;;9-/m0.0/s1. The highest BCUT2D eigenvalue weighted by Crippen LogP contribution is 2.19. The number of hydrogen-bond acceptors (Lipinski definition) is 16. The third kappa shape index (κ3) is 19.9. The highest BCUT2D eigenvalue weighted by molar-refractivity contribution is 6.58. The summed E-state index contributed by atoms with van der Waals surface area (Å²) in [6, 6.07) is 29.8. The average Bonchev–Trinajstić information content (AvgIpc) is 3.32. The molecule has 0 saturated heterocycles. The first-order valence-corrected chi connectivity index (χ1v) is 20.3. The maximum absolute atomic E-state index is 13.6. The molecule has 5 rings (SSSR count). The number of esters is 3. The number of halogens is 2. The molecule has 0 aliphatic heterocycles. The van der Waals surface area contributed by atoms with E-state index in [4.69, 9.17) is 29.7 Å². The Labute approximate surface area is 382 Å². The summed E-state index contributed by atoms with van der Waals surface area (Å²) in [6.07, 6.45) is 2.64. The monoisotopic (exact) mass is 910 g/mol. The van der Waals surface area contributed by atoms with Gasteiger partial charge in [0.15, 0.2) is 5.78 Å². The molecule has 1 heterocycles. The van der Waals surface area contributed by atoms with Crippen LogP contribution in [-0.2, 0) is 41.7 Å². The van der Waals surface area contributed by atoms with E-state index in [1.807, 2.05) is 0 Å². The van der Waals surface area contributed by atoms with E-state index in [0.29, 0.717) is 40.1 Å². The van der Waals surface area contributed by atoms with E-state index in [-0.39, 0.29) is 62.2 Å². The fraction of sp³-hybridized carbons (Fsp3) is 0.244. The van der Waals surface area contributed by atoms with E-state index in [2.05, 4.69) is 24.3 Å². The maximum atomic E-state index is 13.6. The summed E-state index contributed by atoms with van der Waals surface area (Å²) < 4.78 is 56.7. The van der Waals surface area contributed by atoms with Crippen molar-refractivity contribution in [1.29, 1.82) is 5.41 Å². The minimum absolute atomic E-state index is 0.00575. The summed E-state index contributed by atoms with van der Waals surface area (Å²) in [5, 5.41) is 36.6. The molecule has 0 amide bonds. The number of carbonyl (C=O) groups excluding carboxylic acids is 4. The third-order valence-electron chi connectivity index (χ3n) is 8.98. The molecule has 4 aromatic carbocycles. The minimum Gasteiger partial charge on any atom is -0.555 e. The summed E-state index contributed by atoms with van der Waals surface area (Å²) in [5.41, 5.74) is 1.78. The van der Waals surface area contributed by atoms with Crippen LogP contribution in [-0.4, -0.2) is 92.1 Å². The van der Waals surface area contributed by atoms with Gasteiger partial charge in [-0.2, -0.15) is 0 Å². The average molecular weight is 910 g/mol. The van der Waals surface area contributed by atoms with Gasteiger partial charge < -0.3 is 48.6 Å². The molecule has 21 heteroatoms. The quantitative estimate of drug-likeness (QED) is 0.0209. The number of nitrogens with zero attached hydrogens (tertiary/aromatic N) is 1. The number of nitrogens with one attached hydrogen (secondary N) is 2. The highest BCUT2D eigenvalue weighted by atomic mass is 19.1. The molecule has 0 aliphatic rings. The largest absolute Gasteiger partial charge is 0.555 e. The van der Waals surface area contributed by atoms with Gasteiger partial charge in [0.25, 0.3) is 0 Å². The molecule has 1 aromatic heterocycles. The lowest BCUT2D eigenvalue weighted by molar-refractivity contribution is -0.143. The van der Waals surface area contributed by atoms with Crippen LogP contribution in [0.2, 0.25) is 12.6 Å². The molecule has 5 aromatic rings. The Kier molecular flexibility index (Phi) is 23.9. The number of pyridine rings is 1. The van der Waals surface area contributed by atoms with Gasteiger partial charge in [0, 0.05) is 41.8 Å². The fourth-order valence-electron chi connectivity index (χ4n) is 5.52. The lowest BCUT2D eigenvalue weighted by Crippen LogP contribution is -2.45. The van der Waals surface area contributed by atoms with Crippen molar-refractivity contribution < 1.29 is 71.4 Å². The Hall–Kier alpha value is -6.93. The van der Waals surface area contributed by atoms with Crippen LogP contribution >= 0.6 is 0 Å². The minimum atomic E-state index is -1.49. The molecule has 345 valence electrons. The van der Waals surface area contributed by atoms with Gasteiger partial charge in [0.05, 0.1) is 26.1 Å². The SMILES string of the molecule is COC(=O)[C@@H]([B]OC=N)CCC(=O)Oc1ccccn1.COC(=O)[C@H](CCC(=O)c1ccc(OCc2ccccc2F)cc1)NB(C)O.OB(O)c1ccc(OCc2ccccc2F)cc1. The Morgan fingerprint density at radius 1 is 0.742 bits per heavy atom. The van der Waals surface area contributed by atoms with E-state index in [9.17, 15) is 33.0 Å². The number of aromatic nitrogens is 1. The second-order valence-corrected chi connectivity index (χ2v) is 13.8. The van der Waals surface area contributed by atoms with Crippen LogP contribution in [0, 0.1) is 17.0 Å². The first-order valence-electron chi connectivity index (χ1n) is 20.3. The van der Waals surface area contributed by atoms with Crippen molar-refractivity contribution in [3.63, 3.8) is 0 Å². The number of hydrogen-bond donors (Lipinski definition) is 5. The molecule has 0 spiro atoms. The van der Waals surface area contributed by atoms with Gasteiger partial charge >= 0.3 is 39.6 Å². The lowest BCUT2D eigenvalue weighted by atomic mass is 9.77. The van der Waals surface area contributed by atoms with E-state index < -0.39 is 43.9 Å². The fourth-order valence-corrected chi connectivity index (χ4v) is 5.52. The second kappa shape index (κ2) is 29.5. The Balaban J connectivity index is 0.000000271. The molecule has 2 atom stereocenters. The maximum Gasteiger partial charge on any atom is 0.488 e. The zero-order valence-corrected chi connectivity index (χ0v) is 36.4. The van der Waals surface area contributed by atoms with Crippen LogP contribution < -0.4 is 24.9 Å². The van der Waals surface area contributed by atoms with Crippen molar-refractivity contribution in [2.75, 3.05) is 14.2 Å². The van der Waals surface area contributed by atoms with Crippen molar-refractivity contribution in [3.8, 4) is 17.4 Å². The van der Waals surface area contributed by atoms with Crippen molar-refractivity contribution >= 4 is 57.2 Å². The normalized spacial score (nSPS) is 11.0. The number of Topliss-reactive ketones (excluding diaryl/α,β-unsaturated/α-hetero) is 1. The zero-order valence-electron chi connectivity index (χ0n) is 36.4. The van der Waals surface area contributed by atoms with Crippen LogP contribution in [0.3, 0.4) is 0 Å². The van der Waals surface area contributed by atoms with Crippen LogP contribution in [0.25, 0.3) is 0 Å². The number of benzene rings is 4. The third-order valence-corrected chi connectivity index (χ3v) is 8.98. The Bertz CT molecular complexity index is 2260. The Morgan fingerprint density at radius 3 is 1.77 bits per heavy atom. The van der Waals surface area contributed by atoms with Gasteiger partial charge in [-0.3, -0.25) is 24.6 Å². The molecule has 0 bridgehead atoms. The smallest absolute Gasteiger partial charge is 0.488 e. The predicted molar refractivity (Wildman–Crippen MR) is 241 cm³/mol. The van der Waals surface area contributed by atoms with Crippen molar-refractivity contribution in [2.45, 2.75) is 57.6 Å². The number of carbonyl (C=O) groups is 4. The summed E-state index contributed by atoms with van der Waals surface area (Å²) in [7, 11) is 1.24. The molecular weight excluding hydrogens is 861 g/mol. The topological polar surface area (TPSA) is 233 Å². The van der Waals surface area contributed by atoms with Crippen molar-refractivity contribution in [1.82, 2.24) is 10.2 Å². The first kappa shape index (κ1) is 53.4. The van der Waals surface area contributed by atoms with E-state index in [0.717, 1.165) is 7.48 Å². The summed E-state index contributed by atoms with van der Waals surface area (Å²) in [4.78, 5) is 50.9.